The van der Waals surface area contributed by atoms with Gasteiger partial charge in [-0.1, -0.05) is 15.9 Å². The van der Waals surface area contributed by atoms with E-state index < -0.39 is 0 Å². The summed E-state index contributed by atoms with van der Waals surface area (Å²) in [4.78, 5) is 0. The van der Waals surface area contributed by atoms with Gasteiger partial charge < -0.3 is 10.5 Å². The van der Waals surface area contributed by atoms with Crippen LogP contribution in [0.3, 0.4) is 0 Å². The molecule has 3 heteroatoms. The number of halogens is 1. The van der Waals surface area contributed by atoms with Crippen LogP contribution in [0.25, 0.3) is 0 Å². The number of ether oxygens (including phenoxy) is 1. The SMILES string of the molecule is Cc1cc(N)ccc1Oc1cc(C)c(Br)c(C)c1. The highest BCUT2D eigenvalue weighted by Crippen LogP contribution is 2.31. The maximum Gasteiger partial charge on any atom is 0.130 e. The van der Waals surface area contributed by atoms with Gasteiger partial charge in [-0.3, -0.25) is 0 Å². The lowest BCUT2D eigenvalue weighted by Crippen LogP contribution is -1.92. The highest BCUT2D eigenvalue weighted by Gasteiger charge is 2.06. The van der Waals surface area contributed by atoms with Crippen LogP contribution in [-0.4, -0.2) is 0 Å². The van der Waals surface area contributed by atoms with E-state index in [1.165, 1.54) is 0 Å². The minimum absolute atomic E-state index is 0.753. The standard InChI is InChI=1S/C15H16BrNO/c1-9-6-12(17)4-5-14(9)18-13-7-10(2)15(16)11(3)8-13/h4-8H,17H2,1-3H3. The molecule has 0 bridgehead atoms. The van der Waals surface area contributed by atoms with Crippen LogP contribution in [0, 0.1) is 20.8 Å². The molecule has 2 rings (SSSR count). The molecule has 0 fully saturated rings. The molecular formula is C15H16BrNO. The van der Waals surface area contributed by atoms with Crippen LogP contribution in [0.5, 0.6) is 11.5 Å². The molecule has 0 aliphatic rings. The third-order valence-electron chi connectivity index (χ3n) is 2.84. The van der Waals surface area contributed by atoms with Gasteiger partial charge >= 0.3 is 0 Å². The summed E-state index contributed by atoms with van der Waals surface area (Å²) >= 11 is 3.55. The Morgan fingerprint density at radius 1 is 0.944 bits per heavy atom. The molecule has 0 saturated carbocycles. The Morgan fingerprint density at radius 2 is 1.56 bits per heavy atom. The van der Waals surface area contributed by atoms with E-state index in [1.807, 2.05) is 37.3 Å². The Balaban J connectivity index is 2.34. The molecular weight excluding hydrogens is 290 g/mol. The summed E-state index contributed by atoms with van der Waals surface area (Å²) in [6.45, 7) is 6.10. The number of benzene rings is 2. The second-order valence-corrected chi connectivity index (χ2v) is 5.29. The van der Waals surface area contributed by atoms with Gasteiger partial charge in [-0.2, -0.15) is 0 Å². The molecule has 0 aliphatic heterocycles. The largest absolute Gasteiger partial charge is 0.457 e. The van der Waals surface area contributed by atoms with Crippen LogP contribution in [0.4, 0.5) is 5.69 Å². The van der Waals surface area contributed by atoms with E-state index in [2.05, 4.69) is 29.8 Å². The summed E-state index contributed by atoms with van der Waals surface area (Å²) in [6.07, 6.45) is 0. The lowest BCUT2D eigenvalue weighted by molar-refractivity contribution is 0.478. The quantitative estimate of drug-likeness (QED) is 0.813. The van der Waals surface area contributed by atoms with E-state index in [4.69, 9.17) is 10.5 Å². The first-order chi connectivity index (χ1) is 8.47. The van der Waals surface area contributed by atoms with Crippen molar-refractivity contribution >= 4 is 21.6 Å². The van der Waals surface area contributed by atoms with E-state index in [0.29, 0.717) is 0 Å². The van der Waals surface area contributed by atoms with Gasteiger partial charge in [-0.15, -0.1) is 0 Å². The summed E-state index contributed by atoms with van der Waals surface area (Å²) < 4.78 is 7.03. The summed E-state index contributed by atoms with van der Waals surface area (Å²) in [5.41, 5.74) is 9.85. The van der Waals surface area contributed by atoms with Crippen molar-refractivity contribution in [3.63, 3.8) is 0 Å². The number of anilines is 1. The maximum atomic E-state index is 5.90. The predicted octanol–water partition coefficient (Wildman–Crippen LogP) is 4.75. The number of hydrogen-bond acceptors (Lipinski definition) is 2. The minimum atomic E-state index is 0.753. The van der Waals surface area contributed by atoms with Gasteiger partial charge in [0.2, 0.25) is 0 Å². The van der Waals surface area contributed by atoms with Gasteiger partial charge in [0.1, 0.15) is 11.5 Å². The van der Waals surface area contributed by atoms with Crippen LogP contribution >= 0.6 is 15.9 Å². The smallest absolute Gasteiger partial charge is 0.130 e. The molecule has 0 spiro atoms. The predicted molar refractivity (Wildman–Crippen MR) is 79.3 cm³/mol. The van der Waals surface area contributed by atoms with E-state index in [9.17, 15) is 0 Å². The van der Waals surface area contributed by atoms with Crippen molar-refractivity contribution in [1.82, 2.24) is 0 Å². The molecule has 0 aromatic heterocycles. The van der Waals surface area contributed by atoms with E-state index >= 15 is 0 Å². The van der Waals surface area contributed by atoms with Crippen molar-refractivity contribution in [2.75, 3.05) is 5.73 Å². The number of nitrogens with two attached hydrogens (primary N) is 1. The van der Waals surface area contributed by atoms with E-state index in [0.717, 1.165) is 38.3 Å². The molecule has 0 heterocycles. The van der Waals surface area contributed by atoms with Gasteiger partial charge in [0, 0.05) is 10.2 Å². The van der Waals surface area contributed by atoms with Crippen LogP contribution in [-0.2, 0) is 0 Å². The van der Waals surface area contributed by atoms with Crippen LogP contribution in [0.2, 0.25) is 0 Å². The lowest BCUT2D eigenvalue weighted by atomic mass is 10.1. The van der Waals surface area contributed by atoms with Crippen molar-refractivity contribution in [1.29, 1.82) is 0 Å². The van der Waals surface area contributed by atoms with Crippen molar-refractivity contribution in [2.45, 2.75) is 20.8 Å². The van der Waals surface area contributed by atoms with E-state index in [1.54, 1.807) is 0 Å². The van der Waals surface area contributed by atoms with Crippen LogP contribution < -0.4 is 10.5 Å². The van der Waals surface area contributed by atoms with Gasteiger partial charge in [0.25, 0.3) is 0 Å². The zero-order chi connectivity index (χ0) is 13.3. The molecule has 2 N–H and O–H groups in total. The molecule has 0 atom stereocenters. The molecule has 2 nitrogen and oxygen atoms in total. The van der Waals surface area contributed by atoms with Gasteiger partial charge in [0.15, 0.2) is 0 Å². The minimum Gasteiger partial charge on any atom is -0.457 e. The summed E-state index contributed by atoms with van der Waals surface area (Å²) in [6, 6.07) is 9.70. The Bertz CT molecular complexity index is 570. The molecule has 94 valence electrons. The first-order valence-corrected chi connectivity index (χ1v) is 6.57. The molecule has 0 amide bonds. The Morgan fingerprint density at radius 3 is 2.11 bits per heavy atom. The second-order valence-electron chi connectivity index (χ2n) is 4.50. The number of nitrogen functional groups attached to an aromatic ring is 1. The maximum absolute atomic E-state index is 5.90. The fourth-order valence-corrected chi connectivity index (χ4v) is 2.11. The highest BCUT2D eigenvalue weighted by molar-refractivity contribution is 9.10. The third kappa shape index (κ3) is 2.67. The first kappa shape index (κ1) is 13.0. The summed E-state index contributed by atoms with van der Waals surface area (Å²) in [7, 11) is 0. The third-order valence-corrected chi connectivity index (χ3v) is 4.09. The lowest BCUT2D eigenvalue weighted by Gasteiger charge is -2.12. The summed E-state index contributed by atoms with van der Waals surface area (Å²) in [5.74, 6) is 1.69. The Labute approximate surface area is 116 Å². The fourth-order valence-electron chi connectivity index (χ4n) is 1.88. The first-order valence-electron chi connectivity index (χ1n) is 5.78. The molecule has 2 aromatic carbocycles. The Hall–Kier alpha value is -1.48. The van der Waals surface area contributed by atoms with Gasteiger partial charge in [-0.05, 0) is 67.8 Å². The van der Waals surface area contributed by atoms with Crippen molar-refractivity contribution in [2.24, 2.45) is 0 Å². The average molecular weight is 306 g/mol. The molecule has 0 aliphatic carbocycles. The highest BCUT2D eigenvalue weighted by atomic mass is 79.9. The number of aryl methyl sites for hydroxylation is 3. The number of rotatable bonds is 2. The molecule has 0 saturated heterocycles. The summed E-state index contributed by atoms with van der Waals surface area (Å²) in [5, 5.41) is 0. The number of hydrogen-bond donors (Lipinski definition) is 1. The topological polar surface area (TPSA) is 35.2 Å². The van der Waals surface area contributed by atoms with Gasteiger partial charge in [0.05, 0.1) is 0 Å². The van der Waals surface area contributed by atoms with Crippen molar-refractivity contribution in [3.05, 3.63) is 51.5 Å². The zero-order valence-corrected chi connectivity index (χ0v) is 12.3. The van der Waals surface area contributed by atoms with E-state index in [-0.39, 0.29) is 0 Å². The monoisotopic (exact) mass is 305 g/mol. The molecule has 2 aromatic rings. The average Bonchev–Trinajstić information content (AvgIpc) is 2.29. The van der Waals surface area contributed by atoms with Crippen molar-refractivity contribution in [3.8, 4) is 11.5 Å². The normalized spacial score (nSPS) is 10.4. The van der Waals surface area contributed by atoms with Crippen LogP contribution in [0.1, 0.15) is 16.7 Å². The zero-order valence-electron chi connectivity index (χ0n) is 10.8. The molecule has 0 unspecified atom stereocenters. The van der Waals surface area contributed by atoms with Gasteiger partial charge in [-0.25, -0.2) is 0 Å². The fraction of sp³-hybridized carbons (Fsp3) is 0.200. The van der Waals surface area contributed by atoms with Crippen LogP contribution in [0.15, 0.2) is 34.8 Å². The molecule has 0 radical (unpaired) electrons. The van der Waals surface area contributed by atoms with Crippen molar-refractivity contribution < 1.29 is 4.74 Å². The molecule has 18 heavy (non-hydrogen) atoms. The Kier molecular flexibility index (Phi) is 3.62. The second kappa shape index (κ2) is 5.02.